The molecular formula is C23H39N5O2. The van der Waals surface area contributed by atoms with Crippen molar-refractivity contribution in [3.05, 3.63) is 50.6 Å². The molecule has 0 bridgehead atoms. The van der Waals surface area contributed by atoms with E-state index in [2.05, 4.69) is 37.5 Å². The molecule has 0 aliphatic rings. The summed E-state index contributed by atoms with van der Waals surface area (Å²) in [6.07, 6.45) is 8.08. The molecule has 2 rings (SSSR count). The van der Waals surface area contributed by atoms with Crippen LogP contribution in [0.5, 0.6) is 0 Å². The van der Waals surface area contributed by atoms with Gasteiger partial charge in [0.05, 0.1) is 6.54 Å². The van der Waals surface area contributed by atoms with Gasteiger partial charge in [0.25, 0.3) is 5.56 Å². The van der Waals surface area contributed by atoms with Crippen molar-refractivity contribution in [2.24, 2.45) is 25.0 Å². The molecule has 0 unspecified atom stereocenters. The van der Waals surface area contributed by atoms with Crippen LogP contribution in [-0.2, 0) is 20.6 Å². The lowest BCUT2D eigenvalue weighted by molar-refractivity contribution is 0.544. The number of hydrogen-bond donors (Lipinski definition) is 0. The molecule has 2 aromatic rings. The molecule has 7 heteroatoms. The van der Waals surface area contributed by atoms with E-state index in [1.165, 1.54) is 24.5 Å². The van der Waals surface area contributed by atoms with E-state index >= 15 is 0 Å². The van der Waals surface area contributed by atoms with Crippen molar-refractivity contribution < 1.29 is 0 Å². The van der Waals surface area contributed by atoms with Crippen LogP contribution in [0.2, 0.25) is 0 Å². The van der Waals surface area contributed by atoms with Gasteiger partial charge in [-0.05, 0) is 32.1 Å². The molecule has 0 spiro atoms. The van der Waals surface area contributed by atoms with Gasteiger partial charge in [0.1, 0.15) is 5.82 Å². The SMILES string of the molecule is C=N/C=C(\C=C/C)Cn1c(C)nc2c1c(=O)n(C)c(=O)n2C.CC.CCC(C)CC. The number of imidazole rings is 1. The fourth-order valence-electron chi connectivity index (χ4n) is 2.69. The highest BCUT2D eigenvalue weighted by molar-refractivity contribution is 5.71. The molecule has 0 N–H and O–H groups in total. The van der Waals surface area contributed by atoms with Gasteiger partial charge in [-0.1, -0.05) is 59.6 Å². The van der Waals surface area contributed by atoms with E-state index in [1.54, 1.807) is 24.7 Å². The van der Waals surface area contributed by atoms with Gasteiger partial charge < -0.3 is 4.57 Å². The average molecular weight is 418 g/mol. The molecule has 0 fully saturated rings. The van der Waals surface area contributed by atoms with Crippen LogP contribution in [0.25, 0.3) is 11.2 Å². The Kier molecular flexibility index (Phi) is 12.3. The Hall–Kier alpha value is -2.70. The maximum atomic E-state index is 12.4. The summed E-state index contributed by atoms with van der Waals surface area (Å²) >= 11 is 0. The molecule has 30 heavy (non-hydrogen) atoms. The smallest absolute Gasteiger partial charge is 0.318 e. The number of fused-ring (bicyclic) bond motifs is 1. The van der Waals surface area contributed by atoms with Crippen molar-refractivity contribution in [3.8, 4) is 0 Å². The van der Waals surface area contributed by atoms with Crippen LogP contribution < -0.4 is 11.2 Å². The number of aliphatic imine (C=N–C) groups is 1. The number of aryl methyl sites for hydroxylation is 2. The number of nitrogens with zero attached hydrogens (tertiary/aromatic N) is 5. The highest BCUT2D eigenvalue weighted by Gasteiger charge is 2.17. The Morgan fingerprint density at radius 1 is 1.17 bits per heavy atom. The topological polar surface area (TPSA) is 74.2 Å². The Balaban J connectivity index is 0.000000905. The molecule has 0 radical (unpaired) electrons. The van der Waals surface area contributed by atoms with Crippen molar-refractivity contribution in [3.63, 3.8) is 0 Å². The van der Waals surface area contributed by atoms with Crippen LogP contribution in [0.1, 0.15) is 60.2 Å². The zero-order valence-electron chi connectivity index (χ0n) is 20.2. The lowest BCUT2D eigenvalue weighted by atomic mass is 10.1. The van der Waals surface area contributed by atoms with Gasteiger partial charge in [-0.3, -0.25) is 18.9 Å². The Morgan fingerprint density at radius 2 is 1.73 bits per heavy atom. The fraction of sp³-hybridized carbons (Fsp3) is 0.565. The van der Waals surface area contributed by atoms with Crippen LogP contribution in [0, 0.1) is 12.8 Å². The number of rotatable bonds is 6. The number of aromatic nitrogens is 4. The van der Waals surface area contributed by atoms with E-state index in [0.717, 1.165) is 16.1 Å². The molecule has 0 saturated heterocycles. The summed E-state index contributed by atoms with van der Waals surface area (Å²) in [7, 11) is 3.07. The predicted octanol–water partition coefficient (Wildman–Crippen LogP) is 4.37. The third-order valence-corrected chi connectivity index (χ3v) is 4.91. The molecule has 7 nitrogen and oxygen atoms in total. The molecule has 2 aromatic heterocycles. The quantitative estimate of drug-likeness (QED) is 0.517. The van der Waals surface area contributed by atoms with Crippen molar-refractivity contribution in [1.82, 2.24) is 18.7 Å². The van der Waals surface area contributed by atoms with E-state index in [4.69, 9.17) is 0 Å². The second-order valence-corrected chi connectivity index (χ2v) is 6.93. The molecule has 0 amide bonds. The summed E-state index contributed by atoms with van der Waals surface area (Å²) in [6, 6.07) is 0. The van der Waals surface area contributed by atoms with Crippen LogP contribution in [0.15, 0.2) is 38.5 Å². The van der Waals surface area contributed by atoms with E-state index in [0.29, 0.717) is 23.5 Å². The summed E-state index contributed by atoms with van der Waals surface area (Å²) in [5, 5.41) is 0. The highest BCUT2D eigenvalue weighted by Crippen LogP contribution is 2.13. The Bertz CT molecular complexity index is 986. The second kappa shape index (κ2) is 13.5. The van der Waals surface area contributed by atoms with Crippen molar-refractivity contribution in [2.75, 3.05) is 0 Å². The monoisotopic (exact) mass is 417 g/mol. The first-order valence-corrected chi connectivity index (χ1v) is 10.6. The normalized spacial score (nSPS) is 11.3. The second-order valence-electron chi connectivity index (χ2n) is 6.93. The van der Waals surface area contributed by atoms with Crippen molar-refractivity contribution >= 4 is 17.9 Å². The van der Waals surface area contributed by atoms with E-state index < -0.39 is 0 Å². The van der Waals surface area contributed by atoms with Gasteiger partial charge in [0, 0.05) is 20.3 Å². The zero-order valence-corrected chi connectivity index (χ0v) is 20.2. The summed E-state index contributed by atoms with van der Waals surface area (Å²) in [4.78, 5) is 32.6. The standard InChI is InChI=1S/C15H19N5O2.C6H14.C2H6/c1-6-7-11(8-16-3)9-20-10(2)17-13-12(20)14(21)19(5)15(22)18(13)4;1-4-6(3)5-2;1-2/h6-8H,3,9H2,1-2,4-5H3;6H,4-5H2,1-3H3;1-2H3/b7-6-,11-8+;;. The number of hydrogen-bond acceptors (Lipinski definition) is 4. The third-order valence-electron chi connectivity index (χ3n) is 4.91. The molecule has 0 aliphatic carbocycles. The van der Waals surface area contributed by atoms with Gasteiger partial charge in [0.15, 0.2) is 11.2 Å². The largest absolute Gasteiger partial charge is 0.332 e. The van der Waals surface area contributed by atoms with Crippen molar-refractivity contribution in [1.29, 1.82) is 0 Å². The summed E-state index contributed by atoms with van der Waals surface area (Å²) in [6.45, 7) is 18.3. The van der Waals surface area contributed by atoms with Crippen LogP contribution in [0.4, 0.5) is 0 Å². The maximum Gasteiger partial charge on any atom is 0.332 e. The minimum absolute atomic E-state index is 0.356. The minimum atomic E-state index is -0.390. The first-order chi connectivity index (χ1) is 14.2. The van der Waals surface area contributed by atoms with Crippen molar-refractivity contribution in [2.45, 2.75) is 67.9 Å². The van der Waals surface area contributed by atoms with Gasteiger partial charge in [-0.15, -0.1) is 0 Å². The lowest BCUT2D eigenvalue weighted by Crippen LogP contribution is -2.37. The first-order valence-electron chi connectivity index (χ1n) is 10.6. The van der Waals surface area contributed by atoms with Gasteiger partial charge >= 0.3 is 5.69 Å². The van der Waals surface area contributed by atoms with E-state index in [1.807, 2.05) is 32.9 Å². The molecule has 0 atom stereocenters. The van der Waals surface area contributed by atoms with Gasteiger partial charge in [-0.2, -0.15) is 0 Å². The Morgan fingerprint density at radius 3 is 2.17 bits per heavy atom. The molecule has 0 aliphatic heterocycles. The maximum absolute atomic E-state index is 12.4. The third kappa shape index (κ3) is 6.68. The molecular weight excluding hydrogens is 378 g/mol. The molecule has 0 saturated carbocycles. The summed E-state index contributed by atoms with van der Waals surface area (Å²) in [5.74, 6) is 1.60. The first kappa shape index (κ1) is 27.3. The average Bonchev–Trinajstić information content (AvgIpc) is 3.08. The lowest BCUT2D eigenvalue weighted by Gasteiger charge is -2.08. The van der Waals surface area contributed by atoms with Crippen LogP contribution in [0.3, 0.4) is 0 Å². The summed E-state index contributed by atoms with van der Waals surface area (Å²) < 4.78 is 4.25. The molecule has 0 aromatic carbocycles. The van der Waals surface area contributed by atoms with Crippen LogP contribution in [-0.4, -0.2) is 25.4 Å². The Labute approximate surface area is 180 Å². The van der Waals surface area contributed by atoms with Gasteiger partial charge in [0.2, 0.25) is 0 Å². The zero-order chi connectivity index (χ0) is 23.4. The predicted molar refractivity (Wildman–Crippen MR) is 128 cm³/mol. The molecule has 168 valence electrons. The van der Waals surface area contributed by atoms with E-state index in [9.17, 15) is 9.59 Å². The van der Waals surface area contributed by atoms with E-state index in [-0.39, 0.29) is 11.2 Å². The number of allylic oxidation sites excluding steroid dienone is 3. The van der Waals surface area contributed by atoms with Gasteiger partial charge in [-0.25, -0.2) is 9.78 Å². The fourth-order valence-corrected chi connectivity index (χ4v) is 2.69. The summed E-state index contributed by atoms with van der Waals surface area (Å²) in [5.41, 5.74) is 0.929. The minimum Gasteiger partial charge on any atom is -0.318 e. The molecule has 2 heterocycles. The van der Waals surface area contributed by atoms with Crippen LogP contribution >= 0.6 is 0 Å². The highest BCUT2D eigenvalue weighted by atomic mass is 16.2.